The van der Waals surface area contributed by atoms with E-state index in [-0.39, 0.29) is 17.0 Å². The third kappa shape index (κ3) is 3.99. The zero-order valence-electron chi connectivity index (χ0n) is 9.81. The third-order valence-electron chi connectivity index (χ3n) is 2.27. The Kier molecular flexibility index (Phi) is 5.15. The maximum absolute atomic E-state index is 11.8. The number of benzene rings is 1. The maximum atomic E-state index is 11.8. The van der Waals surface area contributed by atoms with Gasteiger partial charge in [-0.3, -0.25) is 4.72 Å². The van der Waals surface area contributed by atoms with E-state index in [9.17, 15) is 13.2 Å². The Labute approximate surface area is 114 Å². The Morgan fingerprint density at radius 2 is 2.11 bits per heavy atom. The van der Waals surface area contributed by atoms with Gasteiger partial charge in [-0.15, -0.1) is 0 Å². The van der Waals surface area contributed by atoms with Crippen LogP contribution < -0.4 is 4.72 Å². The minimum absolute atomic E-state index is 0.0239. The van der Waals surface area contributed by atoms with Gasteiger partial charge < -0.3 is 5.11 Å². The van der Waals surface area contributed by atoms with Crippen LogP contribution in [0.5, 0.6) is 0 Å². The number of nitrogens with one attached hydrogen (secondary N) is 1. The van der Waals surface area contributed by atoms with Crippen molar-refractivity contribution in [2.75, 3.05) is 10.5 Å². The topological polar surface area (TPSA) is 83.5 Å². The molecule has 0 saturated heterocycles. The Hall–Kier alpha value is -1.08. The van der Waals surface area contributed by atoms with Gasteiger partial charge in [-0.05, 0) is 34.5 Å². The van der Waals surface area contributed by atoms with Crippen LogP contribution in [0.15, 0.2) is 22.7 Å². The number of carboxylic acids is 1. The number of hydrogen-bond donors (Lipinski definition) is 2. The van der Waals surface area contributed by atoms with Crippen LogP contribution in [0.1, 0.15) is 30.1 Å². The van der Waals surface area contributed by atoms with Gasteiger partial charge >= 0.3 is 5.97 Å². The van der Waals surface area contributed by atoms with Crippen LogP contribution in [0.4, 0.5) is 5.69 Å². The van der Waals surface area contributed by atoms with Crippen molar-refractivity contribution >= 4 is 37.6 Å². The summed E-state index contributed by atoms with van der Waals surface area (Å²) in [7, 11) is -3.52. The standard InChI is InChI=1S/C11H14BrNO4S/c1-2-3-7-18(16,17)13-10-8(11(14)15)5-4-6-9(10)12/h4-6,13H,2-3,7H2,1H3,(H,14,15). The SMILES string of the molecule is CCCCS(=O)(=O)Nc1c(Br)cccc1C(=O)O. The number of carboxylic acid groups (broad SMARTS) is 1. The molecule has 0 amide bonds. The van der Waals surface area contributed by atoms with Gasteiger partial charge in [0.1, 0.15) is 0 Å². The molecule has 0 saturated carbocycles. The monoisotopic (exact) mass is 335 g/mol. The third-order valence-corrected chi connectivity index (χ3v) is 4.27. The fourth-order valence-corrected chi connectivity index (χ4v) is 3.25. The predicted molar refractivity (Wildman–Crippen MR) is 73.4 cm³/mol. The molecule has 18 heavy (non-hydrogen) atoms. The Morgan fingerprint density at radius 3 is 2.67 bits per heavy atom. The first kappa shape index (κ1) is 15.0. The van der Waals surface area contributed by atoms with Crippen LogP contribution in [0.25, 0.3) is 0 Å². The molecule has 2 N–H and O–H groups in total. The molecule has 1 aromatic rings. The van der Waals surface area contributed by atoms with Crippen molar-refractivity contribution in [2.45, 2.75) is 19.8 Å². The van der Waals surface area contributed by atoms with Crippen LogP contribution >= 0.6 is 15.9 Å². The van der Waals surface area contributed by atoms with E-state index in [4.69, 9.17) is 5.11 Å². The molecule has 0 aliphatic carbocycles. The van der Waals surface area contributed by atoms with Crippen molar-refractivity contribution in [3.63, 3.8) is 0 Å². The average molecular weight is 336 g/mol. The van der Waals surface area contributed by atoms with E-state index in [1.807, 2.05) is 6.92 Å². The van der Waals surface area contributed by atoms with Gasteiger partial charge in [-0.25, -0.2) is 13.2 Å². The number of rotatable bonds is 6. The Morgan fingerprint density at radius 1 is 1.44 bits per heavy atom. The molecular formula is C11H14BrNO4S. The van der Waals surface area contributed by atoms with Crippen molar-refractivity contribution in [1.82, 2.24) is 0 Å². The smallest absolute Gasteiger partial charge is 0.337 e. The molecule has 1 rings (SSSR count). The molecule has 5 nitrogen and oxygen atoms in total. The van der Waals surface area contributed by atoms with Crippen molar-refractivity contribution in [3.8, 4) is 0 Å². The van der Waals surface area contributed by atoms with Gasteiger partial charge in [-0.2, -0.15) is 0 Å². The van der Waals surface area contributed by atoms with Gasteiger partial charge in [-0.1, -0.05) is 19.4 Å². The van der Waals surface area contributed by atoms with Crippen LogP contribution in [0, 0.1) is 0 Å². The van der Waals surface area contributed by atoms with Crippen LogP contribution in [-0.4, -0.2) is 25.2 Å². The van der Waals surface area contributed by atoms with Gasteiger partial charge in [0.15, 0.2) is 0 Å². The van der Waals surface area contributed by atoms with E-state index in [2.05, 4.69) is 20.7 Å². The molecule has 0 atom stereocenters. The fraction of sp³-hybridized carbons (Fsp3) is 0.364. The maximum Gasteiger partial charge on any atom is 0.337 e. The zero-order valence-corrected chi connectivity index (χ0v) is 12.2. The molecule has 0 unspecified atom stereocenters. The first-order valence-electron chi connectivity index (χ1n) is 5.39. The van der Waals surface area contributed by atoms with E-state index in [1.54, 1.807) is 6.07 Å². The molecular weight excluding hydrogens is 322 g/mol. The summed E-state index contributed by atoms with van der Waals surface area (Å²) in [6.45, 7) is 1.89. The van der Waals surface area contributed by atoms with Gasteiger partial charge in [0.25, 0.3) is 0 Å². The van der Waals surface area contributed by atoms with Crippen molar-refractivity contribution in [2.24, 2.45) is 0 Å². The van der Waals surface area contributed by atoms with Crippen molar-refractivity contribution < 1.29 is 18.3 Å². The highest BCUT2D eigenvalue weighted by Crippen LogP contribution is 2.27. The molecule has 1 aromatic carbocycles. The van der Waals surface area contributed by atoms with E-state index < -0.39 is 16.0 Å². The number of aromatic carboxylic acids is 1. The van der Waals surface area contributed by atoms with Gasteiger partial charge in [0.2, 0.25) is 10.0 Å². The van der Waals surface area contributed by atoms with Gasteiger partial charge in [0, 0.05) is 4.47 Å². The lowest BCUT2D eigenvalue weighted by molar-refractivity contribution is 0.0698. The molecule has 0 spiro atoms. The first-order valence-corrected chi connectivity index (χ1v) is 7.84. The largest absolute Gasteiger partial charge is 0.478 e. The molecule has 0 aliphatic heterocycles. The number of para-hydroxylation sites is 1. The molecule has 0 aliphatic rings. The molecule has 0 aromatic heterocycles. The van der Waals surface area contributed by atoms with Crippen LogP contribution in [-0.2, 0) is 10.0 Å². The lowest BCUT2D eigenvalue weighted by atomic mass is 10.2. The highest BCUT2D eigenvalue weighted by atomic mass is 79.9. The summed E-state index contributed by atoms with van der Waals surface area (Å²) in [6.07, 6.45) is 1.28. The quantitative estimate of drug-likeness (QED) is 0.837. The van der Waals surface area contributed by atoms with Crippen LogP contribution in [0.2, 0.25) is 0 Å². The van der Waals surface area contributed by atoms with E-state index in [0.29, 0.717) is 10.9 Å². The summed E-state index contributed by atoms with van der Waals surface area (Å²) in [5, 5.41) is 9.01. The second-order valence-corrected chi connectivity index (χ2v) is 6.44. The number of carbonyl (C=O) groups is 1. The van der Waals surface area contributed by atoms with E-state index in [0.717, 1.165) is 6.42 Å². The number of unbranched alkanes of at least 4 members (excludes halogenated alkanes) is 1. The summed E-state index contributed by atoms with van der Waals surface area (Å²) in [5.74, 6) is -1.20. The number of hydrogen-bond acceptors (Lipinski definition) is 3. The zero-order chi connectivity index (χ0) is 13.8. The molecule has 0 fully saturated rings. The predicted octanol–water partition coefficient (Wildman–Crippen LogP) is 2.69. The van der Waals surface area contributed by atoms with Crippen molar-refractivity contribution in [3.05, 3.63) is 28.2 Å². The first-order chi connectivity index (χ1) is 8.37. The number of halogens is 1. The molecule has 0 bridgehead atoms. The summed E-state index contributed by atoms with van der Waals surface area (Å²) in [5.41, 5.74) is -0.00875. The number of anilines is 1. The van der Waals surface area contributed by atoms with E-state index >= 15 is 0 Å². The summed E-state index contributed by atoms with van der Waals surface area (Å²) < 4.78 is 26.2. The second-order valence-electron chi connectivity index (χ2n) is 3.74. The normalized spacial score (nSPS) is 11.2. The highest BCUT2D eigenvalue weighted by Gasteiger charge is 2.18. The average Bonchev–Trinajstić information content (AvgIpc) is 2.28. The van der Waals surface area contributed by atoms with Crippen LogP contribution in [0.3, 0.4) is 0 Å². The fourth-order valence-electron chi connectivity index (χ4n) is 1.35. The number of sulfonamides is 1. The summed E-state index contributed by atoms with van der Waals surface area (Å²) >= 11 is 3.15. The van der Waals surface area contributed by atoms with Crippen molar-refractivity contribution in [1.29, 1.82) is 0 Å². The second kappa shape index (κ2) is 6.19. The molecule has 100 valence electrons. The highest BCUT2D eigenvalue weighted by molar-refractivity contribution is 9.10. The lowest BCUT2D eigenvalue weighted by Crippen LogP contribution is -2.19. The Balaban J connectivity index is 3.07. The minimum atomic E-state index is -3.52. The van der Waals surface area contributed by atoms with E-state index in [1.165, 1.54) is 12.1 Å². The molecule has 0 heterocycles. The summed E-state index contributed by atoms with van der Waals surface area (Å²) in [6, 6.07) is 4.48. The Bertz CT molecular complexity index is 542. The lowest BCUT2D eigenvalue weighted by Gasteiger charge is -2.11. The van der Waals surface area contributed by atoms with Gasteiger partial charge in [0.05, 0.1) is 17.0 Å². The molecule has 7 heteroatoms. The molecule has 0 radical (unpaired) electrons. The summed E-state index contributed by atoms with van der Waals surface area (Å²) in [4.78, 5) is 11.0. The minimum Gasteiger partial charge on any atom is -0.478 e.